The van der Waals surface area contributed by atoms with E-state index in [1.165, 1.54) is 0 Å². The van der Waals surface area contributed by atoms with Crippen LogP contribution < -0.4 is 5.73 Å². The molecule has 0 aromatic carbocycles. The van der Waals surface area contributed by atoms with E-state index >= 15 is 0 Å². The fourth-order valence-electron chi connectivity index (χ4n) is 1.95. The molecule has 0 aliphatic rings. The first kappa shape index (κ1) is 16.4. The summed E-state index contributed by atoms with van der Waals surface area (Å²) >= 11 is 0. The maximum absolute atomic E-state index is 10.6. The molecule has 0 radical (unpaired) electrons. The van der Waals surface area contributed by atoms with Crippen LogP contribution in [0.5, 0.6) is 0 Å². The van der Waals surface area contributed by atoms with Gasteiger partial charge in [0.15, 0.2) is 0 Å². The molecule has 0 fully saturated rings. The van der Waals surface area contributed by atoms with E-state index in [-0.39, 0.29) is 0 Å². The number of nitrogens with zero attached hydrogens (tertiary/aromatic N) is 1. The molecule has 1 atom stereocenters. The van der Waals surface area contributed by atoms with E-state index in [0.717, 1.165) is 26.1 Å². The SMILES string of the molecule is CC(C)CN(CCC[C@H](N)C(=O)O)CC(C)C. The fraction of sp³-hybridized carbons (Fsp3) is 0.923. The highest BCUT2D eigenvalue weighted by Gasteiger charge is 2.13. The molecule has 0 aromatic rings. The Morgan fingerprint density at radius 1 is 1.18 bits per heavy atom. The van der Waals surface area contributed by atoms with Crippen LogP contribution in [-0.4, -0.2) is 41.7 Å². The van der Waals surface area contributed by atoms with Crippen LogP contribution in [-0.2, 0) is 4.79 Å². The van der Waals surface area contributed by atoms with Gasteiger partial charge in [-0.25, -0.2) is 0 Å². The minimum absolute atomic E-state index is 0.558. The Bertz CT molecular complexity index is 207. The fourth-order valence-corrected chi connectivity index (χ4v) is 1.95. The lowest BCUT2D eigenvalue weighted by Gasteiger charge is -2.26. The highest BCUT2D eigenvalue weighted by atomic mass is 16.4. The van der Waals surface area contributed by atoms with Crippen molar-refractivity contribution in [3.63, 3.8) is 0 Å². The number of hydrogen-bond donors (Lipinski definition) is 2. The summed E-state index contributed by atoms with van der Waals surface area (Å²) in [7, 11) is 0. The lowest BCUT2D eigenvalue weighted by atomic mass is 10.1. The van der Waals surface area contributed by atoms with Gasteiger partial charge in [0.2, 0.25) is 0 Å². The van der Waals surface area contributed by atoms with Gasteiger partial charge in [0.05, 0.1) is 0 Å². The second kappa shape index (κ2) is 8.48. The third-order valence-corrected chi connectivity index (χ3v) is 2.55. The predicted molar refractivity (Wildman–Crippen MR) is 71.0 cm³/mol. The zero-order chi connectivity index (χ0) is 13.4. The van der Waals surface area contributed by atoms with E-state index in [9.17, 15) is 4.79 Å². The van der Waals surface area contributed by atoms with Crippen LogP contribution in [0.4, 0.5) is 0 Å². The standard InChI is InChI=1S/C13H28N2O2/c1-10(2)8-15(9-11(3)4)7-5-6-12(14)13(16)17/h10-12H,5-9,14H2,1-4H3,(H,16,17)/t12-/m0/s1. The first-order valence-electron chi connectivity index (χ1n) is 6.53. The Hall–Kier alpha value is -0.610. The van der Waals surface area contributed by atoms with Crippen molar-refractivity contribution in [1.82, 2.24) is 4.90 Å². The van der Waals surface area contributed by atoms with E-state index in [1.807, 2.05) is 0 Å². The molecule has 102 valence electrons. The summed E-state index contributed by atoms with van der Waals surface area (Å²) in [6.07, 6.45) is 1.41. The molecule has 4 nitrogen and oxygen atoms in total. The monoisotopic (exact) mass is 244 g/mol. The molecule has 0 saturated carbocycles. The average Bonchev–Trinajstić information content (AvgIpc) is 2.14. The number of rotatable bonds is 9. The molecule has 0 bridgehead atoms. The molecule has 0 aliphatic carbocycles. The van der Waals surface area contributed by atoms with Crippen molar-refractivity contribution < 1.29 is 9.90 Å². The Balaban J connectivity index is 3.94. The van der Waals surface area contributed by atoms with Crippen LogP contribution in [0.15, 0.2) is 0 Å². The van der Waals surface area contributed by atoms with Crippen molar-refractivity contribution in [2.24, 2.45) is 17.6 Å². The van der Waals surface area contributed by atoms with Crippen molar-refractivity contribution in [3.05, 3.63) is 0 Å². The Morgan fingerprint density at radius 2 is 1.65 bits per heavy atom. The molecule has 0 amide bonds. The molecule has 0 heterocycles. The Kier molecular flexibility index (Phi) is 8.17. The molecular formula is C13H28N2O2. The molecule has 3 N–H and O–H groups in total. The minimum atomic E-state index is -0.899. The summed E-state index contributed by atoms with van der Waals surface area (Å²) in [5, 5.41) is 8.70. The van der Waals surface area contributed by atoms with Crippen molar-refractivity contribution in [2.45, 2.75) is 46.6 Å². The summed E-state index contributed by atoms with van der Waals surface area (Å²) in [6.45, 7) is 11.9. The van der Waals surface area contributed by atoms with Crippen molar-refractivity contribution in [2.75, 3.05) is 19.6 Å². The summed E-state index contributed by atoms with van der Waals surface area (Å²) in [6, 6.07) is -0.713. The second-order valence-electron chi connectivity index (χ2n) is 5.63. The minimum Gasteiger partial charge on any atom is -0.480 e. The van der Waals surface area contributed by atoms with Gasteiger partial charge in [0, 0.05) is 13.1 Å². The Labute approximate surface area is 105 Å². The van der Waals surface area contributed by atoms with E-state index < -0.39 is 12.0 Å². The Morgan fingerprint density at radius 3 is 2.00 bits per heavy atom. The number of carbonyl (C=O) groups is 1. The third-order valence-electron chi connectivity index (χ3n) is 2.55. The largest absolute Gasteiger partial charge is 0.480 e. The van der Waals surface area contributed by atoms with Crippen molar-refractivity contribution in [1.29, 1.82) is 0 Å². The van der Waals surface area contributed by atoms with Crippen molar-refractivity contribution in [3.8, 4) is 0 Å². The second-order valence-corrected chi connectivity index (χ2v) is 5.63. The number of carboxylic acid groups (broad SMARTS) is 1. The van der Waals surface area contributed by atoms with Crippen LogP contribution in [0.2, 0.25) is 0 Å². The van der Waals surface area contributed by atoms with E-state index in [4.69, 9.17) is 10.8 Å². The average molecular weight is 244 g/mol. The molecule has 4 heteroatoms. The smallest absolute Gasteiger partial charge is 0.320 e. The summed E-state index contributed by atoms with van der Waals surface area (Å²) in [4.78, 5) is 13.0. The first-order chi connectivity index (χ1) is 7.82. The van der Waals surface area contributed by atoms with Gasteiger partial charge in [-0.2, -0.15) is 0 Å². The molecule has 0 spiro atoms. The summed E-state index contributed by atoms with van der Waals surface area (Å²) < 4.78 is 0. The number of nitrogens with two attached hydrogens (primary N) is 1. The van der Waals surface area contributed by atoms with Crippen LogP contribution in [0, 0.1) is 11.8 Å². The zero-order valence-electron chi connectivity index (χ0n) is 11.6. The highest BCUT2D eigenvalue weighted by Crippen LogP contribution is 2.06. The van der Waals surface area contributed by atoms with Crippen LogP contribution in [0.25, 0.3) is 0 Å². The van der Waals surface area contributed by atoms with Crippen LogP contribution in [0.1, 0.15) is 40.5 Å². The van der Waals surface area contributed by atoms with Gasteiger partial charge in [-0.3, -0.25) is 4.79 Å². The highest BCUT2D eigenvalue weighted by molar-refractivity contribution is 5.72. The van der Waals surface area contributed by atoms with Gasteiger partial charge in [0.1, 0.15) is 6.04 Å². The van der Waals surface area contributed by atoms with Crippen LogP contribution >= 0.6 is 0 Å². The zero-order valence-corrected chi connectivity index (χ0v) is 11.6. The molecule has 0 aromatic heterocycles. The normalized spacial score (nSPS) is 13.6. The van der Waals surface area contributed by atoms with E-state index in [2.05, 4.69) is 32.6 Å². The van der Waals surface area contributed by atoms with Gasteiger partial charge in [0.25, 0.3) is 0 Å². The van der Waals surface area contributed by atoms with Crippen LogP contribution in [0.3, 0.4) is 0 Å². The molecule has 0 aliphatic heterocycles. The lowest BCUT2D eigenvalue weighted by Crippen LogP contribution is -2.35. The van der Waals surface area contributed by atoms with E-state index in [1.54, 1.807) is 0 Å². The van der Waals surface area contributed by atoms with Gasteiger partial charge in [-0.05, 0) is 31.2 Å². The molecule has 0 rings (SSSR count). The van der Waals surface area contributed by atoms with Gasteiger partial charge < -0.3 is 15.7 Å². The predicted octanol–water partition coefficient (Wildman–Crippen LogP) is 1.79. The number of hydrogen-bond acceptors (Lipinski definition) is 3. The summed E-state index contributed by atoms with van der Waals surface area (Å²) in [5.41, 5.74) is 5.49. The molecular weight excluding hydrogens is 216 g/mol. The maximum Gasteiger partial charge on any atom is 0.320 e. The lowest BCUT2D eigenvalue weighted by molar-refractivity contribution is -0.138. The third kappa shape index (κ3) is 9.12. The maximum atomic E-state index is 10.6. The number of carboxylic acids is 1. The molecule has 0 saturated heterocycles. The van der Waals surface area contributed by atoms with Gasteiger partial charge in [-0.15, -0.1) is 0 Å². The first-order valence-corrected chi connectivity index (χ1v) is 6.53. The number of aliphatic carboxylic acids is 1. The quantitative estimate of drug-likeness (QED) is 0.649. The van der Waals surface area contributed by atoms with Gasteiger partial charge in [-0.1, -0.05) is 27.7 Å². The summed E-state index contributed by atoms with van der Waals surface area (Å²) in [5.74, 6) is 0.382. The molecule has 17 heavy (non-hydrogen) atoms. The molecule has 0 unspecified atom stereocenters. The van der Waals surface area contributed by atoms with Gasteiger partial charge >= 0.3 is 5.97 Å². The van der Waals surface area contributed by atoms with Crippen molar-refractivity contribution >= 4 is 5.97 Å². The topological polar surface area (TPSA) is 66.6 Å². The van der Waals surface area contributed by atoms with E-state index in [0.29, 0.717) is 18.3 Å².